The van der Waals surface area contributed by atoms with E-state index in [1.54, 1.807) is 0 Å². The first kappa shape index (κ1) is 18.8. The van der Waals surface area contributed by atoms with Crippen molar-refractivity contribution in [3.8, 4) is 11.5 Å². The van der Waals surface area contributed by atoms with Crippen molar-refractivity contribution in [1.29, 1.82) is 0 Å². The Balaban J connectivity index is 1.38. The van der Waals surface area contributed by atoms with Gasteiger partial charge < -0.3 is 20.1 Å². The van der Waals surface area contributed by atoms with Gasteiger partial charge >= 0.3 is 6.03 Å². The second kappa shape index (κ2) is 8.13. The smallest absolute Gasteiger partial charge is 0.315 e. The van der Waals surface area contributed by atoms with E-state index >= 15 is 0 Å². The largest absolute Gasteiger partial charge is 0.486 e. The van der Waals surface area contributed by atoms with Crippen molar-refractivity contribution in [2.24, 2.45) is 0 Å². The average Bonchev–Trinajstić information content (AvgIpc) is 2.61. The first-order valence-electron chi connectivity index (χ1n) is 8.80. The first-order chi connectivity index (χ1) is 12.4. The molecular weight excluding hydrogens is 358 g/mol. The van der Waals surface area contributed by atoms with Crippen LogP contribution in [-0.4, -0.2) is 63.9 Å². The van der Waals surface area contributed by atoms with Crippen LogP contribution < -0.4 is 20.1 Å². The lowest BCUT2D eigenvalue weighted by Crippen LogP contribution is -2.49. The Labute approximate surface area is 153 Å². The molecular formula is C17H25N3O5S. The van der Waals surface area contributed by atoms with E-state index < -0.39 is 10.0 Å². The number of carbonyl (C=O) groups excluding carboxylic acids is 1. The predicted octanol–water partition coefficient (Wildman–Crippen LogP) is 0.724. The maximum absolute atomic E-state index is 12.0. The number of rotatable bonds is 5. The SMILES string of the molecule is CS(=O)(=O)N1CCC(NC(=O)NCCc2ccc3c(c2)OCCO3)CC1. The van der Waals surface area contributed by atoms with E-state index in [1.165, 1.54) is 10.6 Å². The summed E-state index contributed by atoms with van der Waals surface area (Å²) in [6.45, 7) is 2.52. The summed E-state index contributed by atoms with van der Waals surface area (Å²) >= 11 is 0. The molecule has 1 fully saturated rings. The van der Waals surface area contributed by atoms with Crippen LogP contribution in [0, 0.1) is 0 Å². The molecule has 9 heteroatoms. The van der Waals surface area contributed by atoms with Gasteiger partial charge in [0.15, 0.2) is 11.5 Å². The van der Waals surface area contributed by atoms with Crippen LogP contribution in [0.4, 0.5) is 4.79 Å². The topological polar surface area (TPSA) is 97.0 Å². The van der Waals surface area contributed by atoms with E-state index in [0.29, 0.717) is 52.1 Å². The van der Waals surface area contributed by atoms with Crippen molar-refractivity contribution in [3.05, 3.63) is 23.8 Å². The zero-order valence-electron chi connectivity index (χ0n) is 14.9. The van der Waals surface area contributed by atoms with Gasteiger partial charge in [0.25, 0.3) is 0 Å². The van der Waals surface area contributed by atoms with Crippen molar-refractivity contribution in [1.82, 2.24) is 14.9 Å². The predicted molar refractivity (Wildman–Crippen MR) is 97.1 cm³/mol. The van der Waals surface area contributed by atoms with Crippen molar-refractivity contribution < 1.29 is 22.7 Å². The number of nitrogens with one attached hydrogen (secondary N) is 2. The maximum atomic E-state index is 12.0. The summed E-state index contributed by atoms with van der Waals surface area (Å²) in [5, 5.41) is 5.76. The number of carbonyl (C=O) groups is 1. The highest BCUT2D eigenvalue weighted by Gasteiger charge is 2.25. The molecule has 0 saturated carbocycles. The third kappa shape index (κ3) is 5.01. The van der Waals surface area contributed by atoms with Gasteiger partial charge in [0.1, 0.15) is 13.2 Å². The molecule has 2 aliphatic rings. The van der Waals surface area contributed by atoms with Gasteiger partial charge in [-0.15, -0.1) is 0 Å². The van der Waals surface area contributed by atoms with E-state index in [4.69, 9.17) is 9.47 Å². The molecule has 1 aromatic carbocycles. The van der Waals surface area contributed by atoms with Crippen molar-refractivity contribution in [2.45, 2.75) is 25.3 Å². The Bertz CT molecular complexity index is 745. The quantitative estimate of drug-likeness (QED) is 0.781. The number of benzene rings is 1. The van der Waals surface area contributed by atoms with Crippen LogP contribution in [0.2, 0.25) is 0 Å². The number of urea groups is 1. The number of piperidine rings is 1. The van der Waals surface area contributed by atoms with Crippen molar-refractivity contribution in [2.75, 3.05) is 39.1 Å². The summed E-state index contributed by atoms with van der Waals surface area (Å²) < 4.78 is 35.5. The fraction of sp³-hybridized carbons (Fsp3) is 0.588. The average molecular weight is 383 g/mol. The Hall–Kier alpha value is -2.00. The molecule has 8 nitrogen and oxygen atoms in total. The molecule has 0 spiro atoms. The van der Waals surface area contributed by atoms with Crippen LogP contribution in [0.3, 0.4) is 0 Å². The van der Waals surface area contributed by atoms with Crippen LogP contribution in [0.15, 0.2) is 18.2 Å². The molecule has 0 aliphatic carbocycles. The van der Waals surface area contributed by atoms with E-state index in [2.05, 4.69) is 10.6 Å². The van der Waals surface area contributed by atoms with Crippen LogP contribution in [0.25, 0.3) is 0 Å². The molecule has 2 heterocycles. The lowest BCUT2D eigenvalue weighted by molar-refractivity contribution is 0.171. The van der Waals surface area contributed by atoms with Gasteiger partial charge in [0.05, 0.1) is 6.26 Å². The standard InChI is InChI=1S/C17H25N3O5S/c1-26(22,23)20-8-5-14(6-9-20)19-17(21)18-7-4-13-2-3-15-16(12-13)25-11-10-24-15/h2-3,12,14H,4-11H2,1H3,(H2,18,19,21). The minimum atomic E-state index is -3.14. The highest BCUT2D eigenvalue weighted by molar-refractivity contribution is 7.88. The van der Waals surface area contributed by atoms with Gasteiger partial charge in [-0.3, -0.25) is 0 Å². The molecule has 0 aromatic heterocycles. The number of amides is 2. The Morgan fingerprint density at radius 3 is 2.58 bits per heavy atom. The molecule has 2 N–H and O–H groups in total. The third-order valence-corrected chi connectivity index (χ3v) is 5.87. The maximum Gasteiger partial charge on any atom is 0.315 e. The summed E-state index contributed by atoms with van der Waals surface area (Å²) in [7, 11) is -3.14. The number of ether oxygens (including phenoxy) is 2. The molecule has 144 valence electrons. The molecule has 1 aromatic rings. The van der Waals surface area contributed by atoms with E-state index in [1.807, 2.05) is 18.2 Å². The Kier molecular flexibility index (Phi) is 5.87. The lowest BCUT2D eigenvalue weighted by atomic mass is 10.1. The molecule has 1 saturated heterocycles. The van der Waals surface area contributed by atoms with Gasteiger partial charge in [-0.05, 0) is 37.0 Å². The fourth-order valence-corrected chi connectivity index (χ4v) is 4.01. The van der Waals surface area contributed by atoms with E-state index in [9.17, 15) is 13.2 Å². The molecule has 0 unspecified atom stereocenters. The molecule has 2 amide bonds. The highest BCUT2D eigenvalue weighted by atomic mass is 32.2. The van der Waals surface area contributed by atoms with Crippen LogP contribution in [0.5, 0.6) is 11.5 Å². The summed E-state index contributed by atoms with van der Waals surface area (Å²) in [4.78, 5) is 12.0. The van der Waals surface area contributed by atoms with Crippen LogP contribution in [-0.2, 0) is 16.4 Å². The monoisotopic (exact) mass is 383 g/mol. The molecule has 2 aliphatic heterocycles. The van der Waals surface area contributed by atoms with Gasteiger partial charge in [-0.25, -0.2) is 17.5 Å². The van der Waals surface area contributed by atoms with Crippen molar-refractivity contribution >= 4 is 16.1 Å². The molecule has 0 atom stereocenters. The summed E-state index contributed by atoms with van der Waals surface area (Å²) in [5.74, 6) is 1.50. The first-order valence-corrected chi connectivity index (χ1v) is 10.6. The normalized spacial score (nSPS) is 18.3. The number of sulfonamides is 1. The fourth-order valence-electron chi connectivity index (χ4n) is 3.13. The van der Waals surface area contributed by atoms with E-state index in [0.717, 1.165) is 17.1 Å². The van der Waals surface area contributed by atoms with E-state index in [-0.39, 0.29) is 12.1 Å². The minimum Gasteiger partial charge on any atom is -0.486 e. The Morgan fingerprint density at radius 1 is 1.19 bits per heavy atom. The number of hydrogen-bond donors (Lipinski definition) is 2. The number of hydrogen-bond acceptors (Lipinski definition) is 5. The lowest BCUT2D eigenvalue weighted by Gasteiger charge is -2.30. The van der Waals surface area contributed by atoms with Gasteiger partial charge in [0.2, 0.25) is 10.0 Å². The second-order valence-electron chi connectivity index (χ2n) is 6.56. The summed E-state index contributed by atoms with van der Waals surface area (Å²) in [6.07, 6.45) is 3.16. The highest BCUT2D eigenvalue weighted by Crippen LogP contribution is 2.30. The van der Waals surface area contributed by atoms with Gasteiger partial charge in [-0.2, -0.15) is 0 Å². The van der Waals surface area contributed by atoms with Gasteiger partial charge in [-0.1, -0.05) is 6.07 Å². The second-order valence-corrected chi connectivity index (χ2v) is 8.55. The number of fused-ring (bicyclic) bond motifs is 1. The Morgan fingerprint density at radius 2 is 1.88 bits per heavy atom. The zero-order chi connectivity index (χ0) is 18.6. The van der Waals surface area contributed by atoms with Crippen molar-refractivity contribution in [3.63, 3.8) is 0 Å². The molecule has 3 rings (SSSR count). The number of nitrogens with zero attached hydrogens (tertiary/aromatic N) is 1. The summed E-state index contributed by atoms with van der Waals surface area (Å²) in [6, 6.07) is 5.57. The third-order valence-electron chi connectivity index (χ3n) is 4.56. The molecule has 26 heavy (non-hydrogen) atoms. The van der Waals surface area contributed by atoms with Gasteiger partial charge in [0, 0.05) is 25.7 Å². The zero-order valence-corrected chi connectivity index (χ0v) is 15.7. The minimum absolute atomic E-state index is 0.00212. The summed E-state index contributed by atoms with van der Waals surface area (Å²) in [5.41, 5.74) is 1.07. The molecule has 0 bridgehead atoms. The van der Waals surface area contributed by atoms with Crippen LogP contribution >= 0.6 is 0 Å². The van der Waals surface area contributed by atoms with Crippen LogP contribution in [0.1, 0.15) is 18.4 Å². The molecule has 0 radical (unpaired) electrons.